The lowest BCUT2D eigenvalue weighted by molar-refractivity contribution is -0.274. The van der Waals surface area contributed by atoms with Crippen molar-refractivity contribution < 1.29 is 17.9 Å². The average Bonchev–Trinajstić information content (AvgIpc) is 1.99. The number of halogens is 3. The van der Waals surface area contributed by atoms with Gasteiger partial charge in [-0.1, -0.05) is 6.07 Å². The summed E-state index contributed by atoms with van der Waals surface area (Å²) in [6, 6.07) is 3.14. The van der Waals surface area contributed by atoms with E-state index >= 15 is 0 Å². The van der Waals surface area contributed by atoms with E-state index < -0.39 is 6.36 Å². The van der Waals surface area contributed by atoms with E-state index in [2.05, 4.69) is 10.1 Å². The molecule has 1 rings (SSSR count). The quantitative estimate of drug-likeness (QED) is 0.824. The maximum atomic E-state index is 12.1. The number of hydrogen-bond acceptors (Lipinski definition) is 2. The van der Waals surface area contributed by atoms with Gasteiger partial charge < -0.3 is 10.1 Å². The second-order valence-electron chi connectivity index (χ2n) is 3.25. The van der Waals surface area contributed by atoms with E-state index in [1.165, 1.54) is 6.07 Å². The zero-order valence-electron chi connectivity index (χ0n) is 8.70. The van der Waals surface area contributed by atoms with Gasteiger partial charge in [-0.3, -0.25) is 0 Å². The van der Waals surface area contributed by atoms with Crippen LogP contribution in [0.1, 0.15) is 11.1 Å². The van der Waals surface area contributed by atoms with Crippen molar-refractivity contribution in [2.45, 2.75) is 20.2 Å². The van der Waals surface area contributed by atoms with Crippen LogP contribution in [0.4, 0.5) is 18.9 Å². The fourth-order valence-electron chi connectivity index (χ4n) is 1.45. The van der Waals surface area contributed by atoms with E-state index in [-0.39, 0.29) is 5.75 Å². The molecule has 1 N–H and O–H groups in total. The van der Waals surface area contributed by atoms with Gasteiger partial charge in [0, 0.05) is 7.05 Å². The number of anilines is 1. The Hall–Kier alpha value is -1.39. The molecule has 1 aromatic rings. The van der Waals surface area contributed by atoms with Gasteiger partial charge >= 0.3 is 6.36 Å². The molecule has 5 heteroatoms. The molecule has 0 aromatic heterocycles. The van der Waals surface area contributed by atoms with Crippen LogP contribution < -0.4 is 10.1 Å². The number of aryl methyl sites for hydroxylation is 2. The van der Waals surface area contributed by atoms with Crippen molar-refractivity contribution in [1.29, 1.82) is 0 Å². The van der Waals surface area contributed by atoms with Crippen LogP contribution in [0.2, 0.25) is 0 Å². The molecule has 0 aliphatic heterocycles. The third-order valence-corrected chi connectivity index (χ3v) is 1.92. The molecule has 0 unspecified atom stereocenters. The highest BCUT2D eigenvalue weighted by Gasteiger charge is 2.32. The summed E-state index contributed by atoms with van der Waals surface area (Å²) in [6.45, 7) is 3.44. The summed E-state index contributed by atoms with van der Waals surface area (Å²) in [6.07, 6.45) is -4.66. The first-order chi connectivity index (χ1) is 6.83. The Morgan fingerprint density at radius 2 is 1.80 bits per heavy atom. The van der Waals surface area contributed by atoms with Crippen molar-refractivity contribution in [3.05, 3.63) is 23.3 Å². The highest BCUT2D eigenvalue weighted by molar-refractivity contribution is 5.62. The monoisotopic (exact) mass is 219 g/mol. The first-order valence-electron chi connectivity index (χ1n) is 4.38. The van der Waals surface area contributed by atoms with Gasteiger partial charge in [0.05, 0.1) is 5.69 Å². The lowest BCUT2D eigenvalue weighted by atomic mass is 10.1. The van der Waals surface area contributed by atoms with Crippen molar-refractivity contribution in [3.8, 4) is 5.75 Å². The maximum absolute atomic E-state index is 12.1. The van der Waals surface area contributed by atoms with Gasteiger partial charge in [0.1, 0.15) is 0 Å². The molecule has 0 aliphatic rings. The highest BCUT2D eigenvalue weighted by Crippen LogP contribution is 2.33. The van der Waals surface area contributed by atoms with Crippen molar-refractivity contribution in [2.24, 2.45) is 0 Å². The molecule has 0 heterocycles. The fraction of sp³-hybridized carbons (Fsp3) is 0.400. The van der Waals surface area contributed by atoms with E-state index in [9.17, 15) is 13.2 Å². The van der Waals surface area contributed by atoms with Gasteiger partial charge in [-0.05, 0) is 31.0 Å². The van der Waals surface area contributed by atoms with E-state index in [1.54, 1.807) is 27.0 Å². The second kappa shape index (κ2) is 4.00. The van der Waals surface area contributed by atoms with E-state index in [1.807, 2.05) is 0 Å². The predicted molar refractivity (Wildman–Crippen MR) is 52.1 cm³/mol. The standard InChI is InChI=1S/C10H12F3NO/c1-6-4-7(2)9(14-3)8(5-6)15-10(11,12)13/h4-5,14H,1-3H3. The van der Waals surface area contributed by atoms with Crippen LogP contribution >= 0.6 is 0 Å². The van der Waals surface area contributed by atoms with Gasteiger partial charge in [0.25, 0.3) is 0 Å². The van der Waals surface area contributed by atoms with E-state index in [0.717, 1.165) is 11.1 Å². The summed E-state index contributed by atoms with van der Waals surface area (Å²) in [4.78, 5) is 0. The largest absolute Gasteiger partial charge is 0.573 e. The molecule has 0 bridgehead atoms. The van der Waals surface area contributed by atoms with Crippen molar-refractivity contribution in [1.82, 2.24) is 0 Å². The van der Waals surface area contributed by atoms with Gasteiger partial charge in [-0.25, -0.2) is 0 Å². The Labute approximate surface area is 86.1 Å². The van der Waals surface area contributed by atoms with Crippen LogP contribution in [0.5, 0.6) is 5.75 Å². The number of nitrogens with one attached hydrogen (secondary N) is 1. The van der Waals surface area contributed by atoms with E-state index in [0.29, 0.717) is 5.69 Å². The van der Waals surface area contributed by atoms with Crippen LogP contribution in [0.15, 0.2) is 12.1 Å². The average molecular weight is 219 g/mol. The molecule has 0 saturated heterocycles. The molecule has 84 valence electrons. The Kier molecular flexibility index (Phi) is 3.12. The molecular weight excluding hydrogens is 207 g/mol. The van der Waals surface area contributed by atoms with Crippen LogP contribution in [-0.4, -0.2) is 13.4 Å². The van der Waals surface area contributed by atoms with Crippen molar-refractivity contribution in [2.75, 3.05) is 12.4 Å². The first kappa shape index (κ1) is 11.7. The first-order valence-corrected chi connectivity index (χ1v) is 4.38. The minimum atomic E-state index is -4.66. The Balaban J connectivity index is 3.15. The summed E-state index contributed by atoms with van der Waals surface area (Å²) < 4.78 is 40.1. The second-order valence-corrected chi connectivity index (χ2v) is 3.25. The molecule has 0 amide bonds. The fourth-order valence-corrected chi connectivity index (χ4v) is 1.45. The summed E-state index contributed by atoms with van der Waals surface area (Å²) in [5, 5.41) is 2.69. The van der Waals surface area contributed by atoms with Crippen LogP contribution in [0.25, 0.3) is 0 Å². The van der Waals surface area contributed by atoms with Crippen LogP contribution in [-0.2, 0) is 0 Å². The summed E-state index contributed by atoms with van der Waals surface area (Å²) in [7, 11) is 1.56. The van der Waals surface area contributed by atoms with Crippen molar-refractivity contribution in [3.63, 3.8) is 0 Å². The lowest BCUT2D eigenvalue weighted by Gasteiger charge is -2.15. The summed E-state index contributed by atoms with van der Waals surface area (Å²) >= 11 is 0. The topological polar surface area (TPSA) is 21.3 Å². The van der Waals surface area contributed by atoms with Crippen LogP contribution in [0.3, 0.4) is 0 Å². The summed E-state index contributed by atoms with van der Waals surface area (Å²) in [5.41, 5.74) is 1.81. The Morgan fingerprint density at radius 3 is 2.27 bits per heavy atom. The third-order valence-electron chi connectivity index (χ3n) is 1.92. The minimum Gasteiger partial charge on any atom is -0.404 e. The number of alkyl halides is 3. The van der Waals surface area contributed by atoms with Gasteiger partial charge in [-0.2, -0.15) is 0 Å². The third kappa shape index (κ3) is 3.04. The molecule has 0 radical (unpaired) electrons. The molecule has 0 aliphatic carbocycles. The highest BCUT2D eigenvalue weighted by atomic mass is 19.4. The molecule has 0 spiro atoms. The molecule has 0 saturated carbocycles. The zero-order chi connectivity index (χ0) is 11.6. The van der Waals surface area contributed by atoms with Gasteiger partial charge in [0.2, 0.25) is 0 Å². The maximum Gasteiger partial charge on any atom is 0.573 e. The number of hydrogen-bond donors (Lipinski definition) is 1. The van der Waals surface area contributed by atoms with Gasteiger partial charge in [0.15, 0.2) is 5.75 Å². The molecular formula is C10H12F3NO. The molecule has 15 heavy (non-hydrogen) atoms. The molecule has 0 fully saturated rings. The summed E-state index contributed by atoms with van der Waals surface area (Å²) in [5.74, 6) is -0.192. The van der Waals surface area contributed by atoms with Crippen molar-refractivity contribution >= 4 is 5.69 Å². The molecule has 2 nitrogen and oxygen atoms in total. The number of rotatable bonds is 2. The smallest absolute Gasteiger partial charge is 0.404 e. The SMILES string of the molecule is CNc1c(C)cc(C)cc1OC(F)(F)F. The lowest BCUT2D eigenvalue weighted by Crippen LogP contribution is -2.18. The molecule has 1 aromatic carbocycles. The zero-order valence-corrected chi connectivity index (χ0v) is 8.70. The Morgan fingerprint density at radius 1 is 1.20 bits per heavy atom. The normalized spacial score (nSPS) is 11.3. The van der Waals surface area contributed by atoms with Gasteiger partial charge in [-0.15, -0.1) is 13.2 Å². The van der Waals surface area contributed by atoms with E-state index in [4.69, 9.17) is 0 Å². The predicted octanol–water partition coefficient (Wildman–Crippen LogP) is 3.24. The van der Waals surface area contributed by atoms with Crippen LogP contribution in [0, 0.1) is 13.8 Å². The molecule has 0 atom stereocenters. The number of ether oxygens (including phenoxy) is 1. The number of benzene rings is 1. The minimum absolute atomic E-state index is 0.192. The Bertz CT molecular complexity index is 360.